The predicted octanol–water partition coefficient (Wildman–Crippen LogP) is 3.62. The molecule has 0 bridgehead atoms. The number of rotatable bonds is 6. The Bertz CT molecular complexity index is 1080. The highest BCUT2D eigenvalue weighted by Gasteiger charge is 2.36. The maximum absolute atomic E-state index is 12.0. The van der Waals surface area contributed by atoms with Gasteiger partial charge in [-0.05, 0) is 24.1 Å². The number of aromatic amines is 1. The first-order chi connectivity index (χ1) is 17.3. The van der Waals surface area contributed by atoms with Crippen molar-refractivity contribution >= 4 is 26.2 Å². The SMILES string of the molecule is CC1CC(COP2OCCC(c3cccc(Cl)c3)O2)OC1n1ccc(=O)[nH]c1=O.CCC(=O)O.CO. The molecule has 0 spiro atoms. The van der Waals surface area contributed by atoms with Crippen LogP contribution >= 0.6 is 20.2 Å². The number of ether oxygens (including phenoxy) is 1. The van der Waals surface area contributed by atoms with E-state index < -0.39 is 32.0 Å². The average Bonchev–Trinajstić information content (AvgIpc) is 3.24. The molecule has 200 valence electrons. The van der Waals surface area contributed by atoms with E-state index in [0.29, 0.717) is 18.2 Å². The molecule has 0 aliphatic carbocycles. The van der Waals surface area contributed by atoms with Crippen LogP contribution in [0.3, 0.4) is 0 Å². The number of hydrogen-bond acceptors (Lipinski definition) is 8. The molecule has 11 nitrogen and oxygen atoms in total. The number of nitrogens with zero attached hydrogens (tertiary/aromatic N) is 1. The molecule has 2 fully saturated rings. The van der Waals surface area contributed by atoms with E-state index in [2.05, 4.69) is 4.98 Å². The van der Waals surface area contributed by atoms with E-state index in [1.54, 1.807) is 6.92 Å². The van der Waals surface area contributed by atoms with Gasteiger partial charge in [-0.15, -0.1) is 0 Å². The first-order valence-corrected chi connectivity index (χ1v) is 12.9. The highest BCUT2D eigenvalue weighted by Crippen LogP contribution is 2.50. The number of aliphatic hydroxyl groups is 1. The molecular weight excluding hydrogens is 515 g/mol. The summed E-state index contributed by atoms with van der Waals surface area (Å²) < 4.78 is 24.8. The Morgan fingerprint density at radius 1 is 1.31 bits per heavy atom. The van der Waals surface area contributed by atoms with Crippen molar-refractivity contribution in [1.82, 2.24) is 9.55 Å². The van der Waals surface area contributed by atoms with Gasteiger partial charge in [0.25, 0.3) is 5.56 Å². The van der Waals surface area contributed by atoms with Gasteiger partial charge in [0, 0.05) is 43.2 Å². The summed E-state index contributed by atoms with van der Waals surface area (Å²) in [4.78, 5) is 34.9. The number of hydrogen-bond donors (Lipinski definition) is 3. The third-order valence-corrected chi connectivity index (χ3v) is 6.67. The van der Waals surface area contributed by atoms with Gasteiger partial charge >= 0.3 is 20.3 Å². The van der Waals surface area contributed by atoms with E-state index in [1.165, 1.54) is 16.8 Å². The number of aromatic nitrogens is 2. The topological polar surface area (TPSA) is 149 Å². The van der Waals surface area contributed by atoms with Gasteiger partial charge in [-0.2, -0.15) is 0 Å². The molecule has 0 amide bonds. The molecule has 1 aromatic heterocycles. The smallest absolute Gasteiger partial charge is 0.333 e. The van der Waals surface area contributed by atoms with Crippen molar-refractivity contribution in [3.8, 4) is 0 Å². The van der Waals surface area contributed by atoms with Gasteiger partial charge in [0.2, 0.25) is 0 Å². The minimum absolute atomic E-state index is 0.0902. The van der Waals surface area contributed by atoms with Gasteiger partial charge < -0.3 is 28.5 Å². The number of aliphatic hydroxyl groups excluding tert-OH is 1. The highest BCUT2D eigenvalue weighted by molar-refractivity contribution is 7.41. The highest BCUT2D eigenvalue weighted by atomic mass is 35.5. The molecule has 2 aliphatic rings. The minimum Gasteiger partial charge on any atom is -0.481 e. The number of aliphatic carboxylic acids is 1. The quantitative estimate of drug-likeness (QED) is 0.462. The Labute approximate surface area is 214 Å². The molecule has 2 aliphatic heterocycles. The molecule has 1 aromatic carbocycles. The summed E-state index contributed by atoms with van der Waals surface area (Å²) in [6, 6.07) is 8.89. The second kappa shape index (κ2) is 15.2. The third-order valence-electron chi connectivity index (χ3n) is 5.26. The van der Waals surface area contributed by atoms with Gasteiger partial charge in [-0.1, -0.05) is 37.6 Å². The van der Waals surface area contributed by atoms with E-state index in [9.17, 15) is 14.4 Å². The Morgan fingerprint density at radius 3 is 2.67 bits per heavy atom. The lowest BCUT2D eigenvalue weighted by atomic mass is 10.1. The zero-order chi connectivity index (χ0) is 26.7. The van der Waals surface area contributed by atoms with Crippen LogP contribution in [0.2, 0.25) is 5.02 Å². The molecule has 36 heavy (non-hydrogen) atoms. The number of benzene rings is 1. The van der Waals surface area contributed by atoms with Crippen LogP contribution in [0.5, 0.6) is 0 Å². The number of H-pyrrole nitrogens is 1. The fourth-order valence-electron chi connectivity index (χ4n) is 3.56. The van der Waals surface area contributed by atoms with Crippen LogP contribution in [-0.2, 0) is 23.1 Å². The summed E-state index contributed by atoms with van der Waals surface area (Å²) in [5.74, 6) is -0.655. The monoisotopic (exact) mass is 546 g/mol. The number of carboxylic acids is 1. The van der Waals surface area contributed by atoms with Gasteiger partial charge in [0.05, 0.1) is 25.4 Å². The first kappa shape index (κ1) is 30.1. The van der Waals surface area contributed by atoms with E-state index in [0.717, 1.165) is 25.5 Å². The Morgan fingerprint density at radius 2 is 2.03 bits per heavy atom. The van der Waals surface area contributed by atoms with Crippen LogP contribution in [0.1, 0.15) is 51.0 Å². The molecule has 2 saturated heterocycles. The lowest BCUT2D eigenvalue weighted by Gasteiger charge is -2.29. The maximum atomic E-state index is 12.0. The van der Waals surface area contributed by atoms with E-state index in [-0.39, 0.29) is 24.5 Å². The molecule has 3 heterocycles. The van der Waals surface area contributed by atoms with Gasteiger partial charge in [0.15, 0.2) is 0 Å². The van der Waals surface area contributed by atoms with Crippen molar-refractivity contribution in [2.75, 3.05) is 20.3 Å². The van der Waals surface area contributed by atoms with Crippen LogP contribution in [0.25, 0.3) is 0 Å². The van der Waals surface area contributed by atoms with Crippen LogP contribution < -0.4 is 11.2 Å². The summed E-state index contributed by atoms with van der Waals surface area (Å²) in [7, 11) is -0.493. The van der Waals surface area contributed by atoms with Crippen LogP contribution in [-0.4, -0.2) is 52.2 Å². The number of carbonyl (C=O) groups is 1. The molecule has 2 aromatic rings. The van der Waals surface area contributed by atoms with Crippen LogP contribution in [0.15, 0.2) is 46.1 Å². The average molecular weight is 547 g/mol. The second-order valence-electron chi connectivity index (χ2n) is 7.92. The first-order valence-electron chi connectivity index (χ1n) is 11.4. The fourth-order valence-corrected chi connectivity index (χ4v) is 4.93. The zero-order valence-electron chi connectivity index (χ0n) is 20.3. The van der Waals surface area contributed by atoms with Crippen molar-refractivity contribution in [2.45, 2.75) is 51.5 Å². The summed E-state index contributed by atoms with van der Waals surface area (Å²) in [6.45, 7) is 4.44. The largest absolute Gasteiger partial charge is 0.481 e. The van der Waals surface area contributed by atoms with Crippen molar-refractivity contribution < 1.29 is 33.3 Å². The summed E-state index contributed by atoms with van der Waals surface area (Å²) in [5, 5.41) is 15.4. The molecule has 3 N–H and O–H groups in total. The lowest BCUT2D eigenvalue weighted by molar-refractivity contribution is -0.136. The van der Waals surface area contributed by atoms with Gasteiger partial charge in [-0.25, -0.2) is 4.79 Å². The third kappa shape index (κ3) is 9.08. The summed E-state index contributed by atoms with van der Waals surface area (Å²) in [5.41, 5.74) is 0.0872. The number of nitrogens with one attached hydrogen (secondary N) is 1. The normalized spacial score (nSPS) is 25.2. The van der Waals surface area contributed by atoms with E-state index in [1.807, 2.05) is 31.2 Å². The molecule has 0 radical (unpaired) electrons. The lowest BCUT2D eigenvalue weighted by Crippen LogP contribution is -2.33. The van der Waals surface area contributed by atoms with E-state index >= 15 is 0 Å². The maximum Gasteiger partial charge on any atom is 0.333 e. The Balaban J connectivity index is 0.000000583. The fraction of sp³-hybridized carbons (Fsp3) is 0.522. The van der Waals surface area contributed by atoms with Crippen LogP contribution in [0.4, 0.5) is 0 Å². The summed E-state index contributed by atoms with van der Waals surface area (Å²) in [6.07, 6.45) is 2.36. The van der Waals surface area contributed by atoms with Crippen LogP contribution in [0, 0.1) is 5.92 Å². The minimum atomic E-state index is -1.49. The standard InChI is InChI=1S/C19H22ClN2O6P.C3H6O2.CH4O/c1-12-9-15(27-18(12)22-7-5-17(23)21-19(22)24)11-26-29-25-8-6-16(28-29)13-3-2-4-14(20)10-13;1-2-3(4)5;1-2/h2-5,7,10,12,15-16,18H,6,8-9,11H2,1H3,(H,21,23,24);2H2,1H3,(H,4,5);2H,1H3. The van der Waals surface area contributed by atoms with E-state index in [4.69, 9.17) is 40.1 Å². The van der Waals surface area contributed by atoms with Crippen molar-refractivity contribution in [1.29, 1.82) is 0 Å². The molecule has 4 rings (SSSR count). The number of halogens is 1. The second-order valence-corrected chi connectivity index (χ2v) is 9.53. The van der Waals surface area contributed by atoms with Gasteiger partial charge in [0.1, 0.15) is 6.23 Å². The molecule has 13 heteroatoms. The Kier molecular flexibility index (Phi) is 12.7. The Hall–Kier alpha value is -2.11. The van der Waals surface area contributed by atoms with Gasteiger partial charge in [-0.3, -0.25) is 19.1 Å². The molecule has 5 atom stereocenters. The van der Waals surface area contributed by atoms with Crippen molar-refractivity contribution in [3.05, 3.63) is 68.0 Å². The molecular formula is C23H32ClN2O9P. The molecule has 0 saturated carbocycles. The molecule has 5 unspecified atom stereocenters. The van der Waals surface area contributed by atoms with Crippen molar-refractivity contribution in [3.63, 3.8) is 0 Å². The number of carboxylic acid groups (broad SMARTS) is 1. The summed E-state index contributed by atoms with van der Waals surface area (Å²) >= 11 is 6.07. The van der Waals surface area contributed by atoms with Crippen molar-refractivity contribution in [2.24, 2.45) is 5.92 Å². The predicted molar refractivity (Wildman–Crippen MR) is 134 cm³/mol. The zero-order valence-corrected chi connectivity index (χ0v) is 22.0.